The average Bonchev–Trinajstić information content (AvgIpc) is 3.25. The zero-order valence-corrected chi connectivity index (χ0v) is 16.4. The summed E-state index contributed by atoms with van der Waals surface area (Å²) in [5.74, 6) is 0.987. The van der Waals surface area contributed by atoms with Crippen molar-refractivity contribution in [3.63, 3.8) is 0 Å². The van der Waals surface area contributed by atoms with E-state index in [4.69, 9.17) is 5.73 Å². The van der Waals surface area contributed by atoms with Crippen LogP contribution in [0.15, 0.2) is 54.7 Å². The number of hydrogen-bond acceptors (Lipinski definition) is 4. The summed E-state index contributed by atoms with van der Waals surface area (Å²) in [5.41, 5.74) is 13.6. The summed E-state index contributed by atoms with van der Waals surface area (Å²) in [6.07, 6.45) is 1.78. The zero-order valence-electron chi connectivity index (χ0n) is 16.4. The molecule has 0 aliphatic heterocycles. The summed E-state index contributed by atoms with van der Waals surface area (Å²) < 4.78 is 0. The molecule has 144 valence electrons. The number of nitrogens with one attached hydrogen (secondary N) is 3. The van der Waals surface area contributed by atoms with Gasteiger partial charge in [0.1, 0.15) is 5.82 Å². The largest absolute Gasteiger partial charge is 0.368 e. The van der Waals surface area contributed by atoms with Gasteiger partial charge in [0, 0.05) is 46.1 Å². The predicted molar refractivity (Wildman–Crippen MR) is 119 cm³/mol. The number of H-pyrrole nitrogens is 2. The number of nitrogen functional groups attached to an aromatic ring is 1. The van der Waals surface area contributed by atoms with E-state index < -0.39 is 0 Å². The first-order valence-electron chi connectivity index (χ1n) is 9.59. The molecule has 3 heterocycles. The van der Waals surface area contributed by atoms with Crippen LogP contribution in [0, 0.1) is 13.8 Å². The summed E-state index contributed by atoms with van der Waals surface area (Å²) in [7, 11) is 0. The number of nitrogens with zero attached hydrogens (tertiary/aromatic N) is 2. The lowest BCUT2D eigenvalue weighted by Crippen LogP contribution is -2.06. The van der Waals surface area contributed by atoms with Crippen LogP contribution in [0.5, 0.6) is 0 Å². The first-order chi connectivity index (χ1) is 14.0. The topological polar surface area (TPSA) is 95.4 Å². The molecule has 0 aliphatic carbocycles. The van der Waals surface area contributed by atoms with E-state index in [0.717, 1.165) is 44.8 Å². The Balaban J connectivity index is 1.47. The Morgan fingerprint density at radius 2 is 1.59 bits per heavy atom. The molecule has 2 aromatic carbocycles. The van der Waals surface area contributed by atoms with Crippen molar-refractivity contribution in [2.45, 2.75) is 20.4 Å². The normalized spacial score (nSPS) is 11.4. The highest BCUT2D eigenvalue weighted by Crippen LogP contribution is 2.30. The van der Waals surface area contributed by atoms with Gasteiger partial charge in [-0.3, -0.25) is 0 Å². The van der Waals surface area contributed by atoms with Crippen molar-refractivity contribution >= 4 is 33.6 Å². The summed E-state index contributed by atoms with van der Waals surface area (Å²) in [6, 6.07) is 17.0. The fraction of sp³-hybridized carbons (Fsp3) is 0.130. The highest BCUT2D eigenvalue weighted by molar-refractivity contribution is 5.88. The van der Waals surface area contributed by atoms with E-state index in [1.165, 1.54) is 10.9 Å². The van der Waals surface area contributed by atoms with Gasteiger partial charge < -0.3 is 21.0 Å². The summed E-state index contributed by atoms with van der Waals surface area (Å²) in [4.78, 5) is 15.4. The molecule has 3 aromatic heterocycles. The lowest BCUT2D eigenvalue weighted by molar-refractivity contribution is 1.09. The molecular weight excluding hydrogens is 360 g/mol. The van der Waals surface area contributed by atoms with Crippen LogP contribution < -0.4 is 11.1 Å². The summed E-state index contributed by atoms with van der Waals surface area (Å²) >= 11 is 0. The third-order valence-electron chi connectivity index (χ3n) is 5.15. The van der Waals surface area contributed by atoms with E-state index in [2.05, 4.69) is 87.6 Å². The van der Waals surface area contributed by atoms with E-state index in [9.17, 15) is 0 Å². The van der Waals surface area contributed by atoms with Crippen LogP contribution in [0.2, 0.25) is 0 Å². The Labute approximate surface area is 168 Å². The Bertz CT molecular complexity index is 1340. The van der Waals surface area contributed by atoms with Crippen LogP contribution in [-0.2, 0) is 6.54 Å². The smallest absolute Gasteiger partial charge is 0.221 e. The second kappa shape index (κ2) is 6.67. The lowest BCUT2D eigenvalue weighted by Gasteiger charge is -2.12. The molecule has 5 aromatic rings. The van der Waals surface area contributed by atoms with Crippen LogP contribution in [0.3, 0.4) is 0 Å². The molecule has 0 fully saturated rings. The number of aryl methyl sites for hydroxylation is 2. The molecule has 6 heteroatoms. The van der Waals surface area contributed by atoms with Gasteiger partial charge in [0.05, 0.1) is 0 Å². The van der Waals surface area contributed by atoms with E-state index in [1.807, 2.05) is 0 Å². The maximum absolute atomic E-state index is 5.87. The third-order valence-corrected chi connectivity index (χ3v) is 5.15. The van der Waals surface area contributed by atoms with Crippen LogP contribution in [0.25, 0.3) is 32.9 Å². The van der Waals surface area contributed by atoms with Gasteiger partial charge in [-0.15, -0.1) is 0 Å². The monoisotopic (exact) mass is 382 g/mol. The third kappa shape index (κ3) is 3.29. The molecule has 29 heavy (non-hydrogen) atoms. The lowest BCUT2D eigenvalue weighted by atomic mass is 10.1. The number of fused-ring (bicyclic) bond motifs is 2. The molecule has 0 bridgehead atoms. The Morgan fingerprint density at radius 1 is 0.897 bits per heavy atom. The van der Waals surface area contributed by atoms with Gasteiger partial charge in [-0.1, -0.05) is 12.1 Å². The van der Waals surface area contributed by atoms with Crippen LogP contribution in [0.1, 0.15) is 17.0 Å². The van der Waals surface area contributed by atoms with Crippen molar-refractivity contribution < 1.29 is 0 Å². The van der Waals surface area contributed by atoms with Crippen LogP contribution >= 0.6 is 0 Å². The highest BCUT2D eigenvalue weighted by atomic mass is 15.1. The Morgan fingerprint density at radius 3 is 2.34 bits per heavy atom. The number of aromatic amines is 2. The van der Waals surface area contributed by atoms with Gasteiger partial charge in [0.25, 0.3) is 0 Å². The molecule has 0 saturated heterocycles. The van der Waals surface area contributed by atoms with E-state index in [0.29, 0.717) is 6.54 Å². The minimum Gasteiger partial charge on any atom is -0.368 e. The van der Waals surface area contributed by atoms with E-state index in [-0.39, 0.29) is 5.95 Å². The van der Waals surface area contributed by atoms with Crippen molar-refractivity contribution in [2.24, 2.45) is 0 Å². The molecule has 0 radical (unpaired) electrons. The second-order valence-corrected chi connectivity index (χ2v) is 7.47. The molecule has 5 N–H and O–H groups in total. The van der Waals surface area contributed by atoms with Gasteiger partial charge in [0.2, 0.25) is 5.95 Å². The molecule has 0 spiro atoms. The molecule has 0 atom stereocenters. The Hall–Kier alpha value is -3.80. The van der Waals surface area contributed by atoms with Gasteiger partial charge in [-0.2, -0.15) is 4.98 Å². The quantitative estimate of drug-likeness (QED) is 0.355. The molecule has 6 nitrogen and oxygen atoms in total. The minimum absolute atomic E-state index is 0.256. The second-order valence-electron chi connectivity index (χ2n) is 7.47. The van der Waals surface area contributed by atoms with E-state index in [1.54, 1.807) is 6.20 Å². The maximum Gasteiger partial charge on any atom is 0.221 e. The zero-order chi connectivity index (χ0) is 20.0. The van der Waals surface area contributed by atoms with Gasteiger partial charge in [0.15, 0.2) is 0 Å². The van der Waals surface area contributed by atoms with Crippen molar-refractivity contribution in [2.75, 3.05) is 11.1 Å². The van der Waals surface area contributed by atoms with E-state index >= 15 is 0 Å². The van der Waals surface area contributed by atoms with Crippen molar-refractivity contribution in [1.29, 1.82) is 0 Å². The summed E-state index contributed by atoms with van der Waals surface area (Å²) in [5, 5.41) is 5.81. The number of benzene rings is 2. The molecule has 0 aliphatic rings. The number of hydrogen-bond donors (Lipinski definition) is 4. The molecule has 0 unspecified atom stereocenters. The SMILES string of the molecule is Cc1cc2cc(CNc3nc(N)ncc3-c3ccc4[nH]c(C)cc4c3)ccc2[nH]1. The number of nitrogens with two attached hydrogens (primary N) is 1. The van der Waals surface area contributed by atoms with Crippen LogP contribution in [0.4, 0.5) is 11.8 Å². The first kappa shape index (κ1) is 17.3. The average molecular weight is 382 g/mol. The molecule has 0 amide bonds. The highest BCUT2D eigenvalue weighted by Gasteiger charge is 2.10. The number of anilines is 2. The Kier molecular flexibility index (Phi) is 3.98. The van der Waals surface area contributed by atoms with Crippen molar-refractivity contribution in [3.8, 4) is 11.1 Å². The predicted octanol–water partition coefficient (Wildman–Crippen LogP) is 4.92. The van der Waals surface area contributed by atoms with Gasteiger partial charge in [-0.25, -0.2) is 4.98 Å². The van der Waals surface area contributed by atoms with Gasteiger partial charge >= 0.3 is 0 Å². The molecule has 0 saturated carbocycles. The molecule has 5 rings (SSSR count). The minimum atomic E-state index is 0.256. The van der Waals surface area contributed by atoms with Crippen LogP contribution in [-0.4, -0.2) is 19.9 Å². The number of rotatable bonds is 4. The van der Waals surface area contributed by atoms with Crippen molar-refractivity contribution in [1.82, 2.24) is 19.9 Å². The molecular formula is C23H22N6. The fourth-order valence-electron chi connectivity index (χ4n) is 3.81. The van der Waals surface area contributed by atoms with Crippen molar-refractivity contribution in [3.05, 3.63) is 71.7 Å². The standard InChI is InChI=1S/C23H22N6/c1-13-7-17-9-15(3-5-20(17)27-13)11-25-22-19(12-26-23(24)29-22)16-4-6-21-18(10-16)8-14(2)28-21/h3-10,12,27-28H,11H2,1-2H3,(H3,24,25,26,29). The first-order valence-corrected chi connectivity index (χ1v) is 9.59. The summed E-state index contributed by atoms with van der Waals surface area (Å²) in [6.45, 7) is 4.77. The fourth-order valence-corrected chi connectivity index (χ4v) is 3.81. The van der Waals surface area contributed by atoms with Gasteiger partial charge in [-0.05, 0) is 66.8 Å². The maximum atomic E-state index is 5.87. The number of aromatic nitrogens is 4.